The van der Waals surface area contributed by atoms with Crippen LogP contribution in [0.1, 0.15) is 13.8 Å². The second-order valence-corrected chi connectivity index (χ2v) is 3.84. The second-order valence-electron chi connectivity index (χ2n) is 3.84. The Kier molecular flexibility index (Phi) is 3.71. The number of amides is 1. The zero-order chi connectivity index (χ0) is 10.7. The van der Waals surface area contributed by atoms with E-state index in [2.05, 4.69) is 5.32 Å². The zero-order valence-electron chi connectivity index (χ0n) is 8.86. The lowest BCUT2D eigenvalue weighted by Crippen LogP contribution is -2.45. The fourth-order valence-corrected chi connectivity index (χ4v) is 1.47. The van der Waals surface area contributed by atoms with Gasteiger partial charge in [0.1, 0.15) is 0 Å². The maximum atomic E-state index is 11.5. The van der Waals surface area contributed by atoms with E-state index in [0.717, 1.165) is 0 Å². The third-order valence-corrected chi connectivity index (χ3v) is 2.27. The van der Waals surface area contributed by atoms with Crippen molar-refractivity contribution in [3.8, 4) is 0 Å². The molecule has 5 nitrogen and oxygen atoms in total. The Morgan fingerprint density at radius 3 is 2.64 bits per heavy atom. The molecule has 1 amide bonds. The molecule has 0 spiro atoms. The minimum Gasteiger partial charge on any atom is -0.447 e. The summed E-state index contributed by atoms with van der Waals surface area (Å²) in [6.45, 7) is 4.75. The minimum atomic E-state index is -0.500. The fourth-order valence-electron chi connectivity index (χ4n) is 1.47. The van der Waals surface area contributed by atoms with Crippen molar-refractivity contribution in [3.63, 3.8) is 0 Å². The standard InChI is InChI=1S/C9H18N2O3/c1-6(2)14-9(13)11(3)7-4-10-5-8(7)12/h6-8,10,12H,4-5H2,1-3H3/t7-,8-/m0/s1. The molecule has 0 bridgehead atoms. The van der Waals surface area contributed by atoms with Gasteiger partial charge in [0.25, 0.3) is 0 Å². The Bertz CT molecular complexity index is 208. The molecule has 5 heteroatoms. The largest absolute Gasteiger partial charge is 0.447 e. The molecule has 2 atom stereocenters. The number of nitrogens with one attached hydrogen (secondary N) is 1. The summed E-state index contributed by atoms with van der Waals surface area (Å²) < 4.78 is 5.02. The summed E-state index contributed by atoms with van der Waals surface area (Å²) in [5.41, 5.74) is 0. The first kappa shape index (κ1) is 11.3. The lowest BCUT2D eigenvalue weighted by atomic mass is 10.2. The number of aliphatic hydroxyl groups excluding tert-OH is 1. The zero-order valence-corrected chi connectivity index (χ0v) is 8.86. The maximum absolute atomic E-state index is 11.5. The molecule has 0 aromatic rings. The summed E-state index contributed by atoms with van der Waals surface area (Å²) in [6, 6.07) is -0.179. The van der Waals surface area contributed by atoms with Crippen LogP contribution in [0.25, 0.3) is 0 Å². The highest BCUT2D eigenvalue weighted by atomic mass is 16.6. The highest BCUT2D eigenvalue weighted by Gasteiger charge is 2.32. The van der Waals surface area contributed by atoms with Gasteiger partial charge in [0, 0.05) is 20.1 Å². The van der Waals surface area contributed by atoms with E-state index in [4.69, 9.17) is 4.74 Å². The summed E-state index contributed by atoms with van der Waals surface area (Å²) in [5.74, 6) is 0. The number of likely N-dealkylation sites (N-methyl/N-ethyl adjacent to an activating group) is 1. The third-order valence-electron chi connectivity index (χ3n) is 2.27. The summed E-state index contributed by atoms with van der Waals surface area (Å²) in [5, 5.41) is 12.5. The Balaban J connectivity index is 2.47. The topological polar surface area (TPSA) is 61.8 Å². The van der Waals surface area contributed by atoms with Gasteiger partial charge in [-0.2, -0.15) is 0 Å². The van der Waals surface area contributed by atoms with Crippen LogP contribution in [0.15, 0.2) is 0 Å². The first-order valence-corrected chi connectivity index (χ1v) is 4.84. The van der Waals surface area contributed by atoms with E-state index < -0.39 is 6.10 Å². The van der Waals surface area contributed by atoms with Gasteiger partial charge in [-0.25, -0.2) is 4.79 Å². The van der Waals surface area contributed by atoms with E-state index in [1.165, 1.54) is 4.90 Å². The number of nitrogens with zero attached hydrogens (tertiary/aromatic N) is 1. The van der Waals surface area contributed by atoms with E-state index in [1.807, 2.05) is 0 Å². The third kappa shape index (κ3) is 2.59. The molecule has 14 heavy (non-hydrogen) atoms. The summed E-state index contributed by atoms with van der Waals surface area (Å²) in [6.07, 6.45) is -1.01. The van der Waals surface area contributed by atoms with Gasteiger partial charge in [0.05, 0.1) is 18.2 Å². The quantitative estimate of drug-likeness (QED) is 0.651. The lowest BCUT2D eigenvalue weighted by Gasteiger charge is -2.26. The SMILES string of the molecule is CC(C)OC(=O)N(C)[C@H]1CNC[C@@H]1O. The number of hydrogen-bond donors (Lipinski definition) is 2. The van der Waals surface area contributed by atoms with Crippen molar-refractivity contribution in [2.45, 2.75) is 32.1 Å². The van der Waals surface area contributed by atoms with Crippen LogP contribution in [0, 0.1) is 0 Å². The fraction of sp³-hybridized carbons (Fsp3) is 0.889. The molecule has 0 aromatic carbocycles. The molecule has 0 radical (unpaired) electrons. The first-order valence-electron chi connectivity index (χ1n) is 4.84. The van der Waals surface area contributed by atoms with E-state index in [1.54, 1.807) is 20.9 Å². The summed E-state index contributed by atoms with van der Waals surface area (Å²) in [7, 11) is 1.64. The molecule has 1 fully saturated rings. The van der Waals surface area contributed by atoms with Crippen LogP contribution in [0.5, 0.6) is 0 Å². The molecule has 0 aliphatic carbocycles. The van der Waals surface area contributed by atoms with Crippen LogP contribution in [0.4, 0.5) is 4.79 Å². The minimum absolute atomic E-state index is 0.128. The molecule has 0 aromatic heterocycles. The Morgan fingerprint density at radius 2 is 2.21 bits per heavy atom. The Hall–Kier alpha value is -0.810. The van der Waals surface area contributed by atoms with Crippen molar-refractivity contribution in [1.82, 2.24) is 10.2 Å². The normalized spacial score (nSPS) is 26.6. The highest BCUT2D eigenvalue weighted by Crippen LogP contribution is 2.09. The van der Waals surface area contributed by atoms with Crippen molar-refractivity contribution in [2.75, 3.05) is 20.1 Å². The molecule has 1 saturated heterocycles. The molecule has 2 N–H and O–H groups in total. The van der Waals surface area contributed by atoms with Gasteiger partial charge in [0.2, 0.25) is 0 Å². The number of ether oxygens (including phenoxy) is 1. The average molecular weight is 202 g/mol. The van der Waals surface area contributed by atoms with Gasteiger partial charge in [0.15, 0.2) is 0 Å². The van der Waals surface area contributed by atoms with Crippen molar-refractivity contribution in [2.24, 2.45) is 0 Å². The monoisotopic (exact) mass is 202 g/mol. The van der Waals surface area contributed by atoms with Crippen molar-refractivity contribution >= 4 is 6.09 Å². The van der Waals surface area contributed by atoms with Crippen LogP contribution in [-0.4, -0.2) is 54.5 Å². The molecule has 0 saturated carbocycles. The Labute approximate surface area is 84.0 Å². The number of carbonyl (C=O) groups excluding carboxylic acids is 1. The summed E-state index contributed by atoms with van der Waals surface area (Å²) >= 11 is 0. The van der Waals surface area contributed by atoms with E-state index in [-0.39, 0.29) is 18.2 Å². The van der Waals surface area contributed by atoms with Crippen LogP contribution in [0.2, 0.25) is 0 Å². The number of carbonyl (C=O) groups is 1. The predicted octanol–water partition coefficient (Wildman–Crippen LogP) is -0.204. The van der Waals surface area contributed by atoms with Crippen LogP contribution in [-0.2, 0) is 4.74 Å². The molecule has 0 unspecified atom stereocenters. The van der Waals surface area contributed by atoms with Gasteiger partial charge >= 0.3 is 6.09 Å². The number of hydrogen-bond acceptors (Lipinski definition) is 4. The Morgan fingerprint density at radius 1 is 1.57 bits per heavy atom. The van der Waals surface area contributed by atoms with Crippen LogP contribution in [0.3, 0.4) is 0 Å². The van der Waals surface area contributed by atoms with Gasteiger partial charge < -0.3 is 20.1 Å². The van der Waals surface area contributed by atoms with Gasteiger partial charge in [-0.1, -0.05) is 0 Å². The predicted molar refractivity (Wildman–Crippen MR) is 52.0 cm³/mol. The average Bonchev–Trinajstić information content (AvgIpc) is 2.48. The van der Waals surface area contributed by atoms with Gasteiger partial charge in [-0.15, -0.1) is 0 Å². The summed E-state index contributed by atoms with van der Waals surface area (Å²) in [4.78, 5) is 12.9. The number of β-amino-alcohol motifs (C(OH)–C–C–N with tert-alkyl or cyclic N) is 1. The van der Waals surface area contributed by atoms with Gasteiger partial charge in [-0.3, -0.25) is 0 Å². The first-order chi connectivity index (χ1) is 6.52. The molecule has 1 rings (SSSR count). The van der Waals surface area contributed by atoms with E-state index >= 15 is 0 Å². The number of aliphatic hydroxyl groups is 1. The van der Waals surface area contributed by atoms with Crippen LogP contribution < -0.4 is 5.32 Å². The highest BCUT2D eigenvalue weighted by molar-refractivity contribution is 5.68. The van der Waals surface area contributed by atoms with Crippen LogP contribution >= 0.6 is 0 Å². The maximum Gasteiger partial charge on any atom is 0.410 e. The van der Waals surface area contributed by atoms with Gasteiger partial charge in [-0.05, 0) is 13.8 Å². The molecule has 1 aliphatic heterocycles. The number of rotatable bonds is 2. The van der Waals surface area contributed by atoms with E-state index in [0.29, 0.717) is 13.1 Å². The smallest absolute Gasteiger partial charge is 0.410 e. The van der Waals surface area contributed by atoms with E-state index in [9.17, 15) is 9.90 Å². The molecule has 1 heterocycles. The molecule has 1 aliphatic rings. The lowest BCUT2D eigenvalue weighted by molar-refractivity contribution is 0.0498. The second kappa shape index (κ2) is 4.61. The van der Waals surface area contributed by atoms with Crippen molar-refractivity contribution in [3.05, 3.63) is 0 Å². The molecular formula is C9H18N2O3. The van der Waals surface area contributed by atoms with Crippen molar-refractivity contribution in [1.29, 1.82) is 0 Å². The molecule has 82 valence electrons. The molecular weight excluding hydrogens is 184 g/mol. The van der Waals surface area contributed by atoms with Crippen molar-refractivity contribution < 1.29 is 14.6 Å².